The maximum atomic E-state index is 13.8. The summed E-state index contributed by atoms with van der Waals surface area (Å²) in [6.45, 7) is 2.32. The van der Waals surface area contributed by atoms with E-state index in [4.69, 9.17) is 25.8 Å². The Balaban J connectivity index is 1.55. The van der Waals surface area contributed by atoms with Gasteiger partial charge in [0.2, 0.25) is 11.4 Å². The first-order valence-electron chi connectivity index (χ1n) is 10.2. The number of carbonyl (C=O) groups excluding carboxylic acids is 2. The standard InChI is InChI=1S/C23H23ClN2O5/c1-12-9-15-14(11-25-26(15)13-7-5-4-6-8-13)21(27)23(12)22(28)18-16(29-2)10-17(30-3)19(24)20(18)31-23/h4-8,10,12,14-15,25H,9,11H2,1-3H3/t12-,14?,15?,23+/m1/s1. The number of halogens is 1. The van der Waals surface area contributed by atoms with Gasteiger partial charge in [-0.3, -0.25) is 9.59 Å². The Hall–Kier alpha value is -2.77. The van der Waals surface area contributed by atoms with E-state index in [9.17, 15) is 9.59 Å². The second-order valence-electron chi connectivity index (χ2n) is 8.21. The molecule has 1 aliphatic carbocycles. The van der Waals surface area contributed by atoms with Crippen molar-refractivity contribution in [2.75, 3.05) is 25.8 Å². The Morgan fingerprint density at radius 3 is 2.55 bits per heavy atom. The molecule has 0 radical (unpaired) electrons. The molecule has 2 aromatic carbocycles. The van der Waals surface area contributed by atoms with Crippen LogP contribution in [0.15, 0.2) is 36.4 Å². The van der Waals surface area contributed by atoms with Crippen LogP contribution in [0, 0.1) is 11.8 Å². The van der Waals surface area contributed by atoms with Crippen LogP contribution in [0.4, 0.5) is 5.69 Å². The summed E-state index contributed by atoms with van der Waals surface area (Å²) in [5.41, 5.74) is 2.92. The summed E-state index contributed by atoms with van der Waals surface area (Å²) >= 11 is 6.47. The van der Waals surface area contributed by atoms with Gasteiger partial charge in [-0.2, -0.15) is 0 Å². The third-order valence-electron chi connectivity index (χ3n) is 6.72. The lowest BCUT2D eigenvalue weighted by molar-refractivity contribution is -0.141. The van der Waals surface area contributed by atoms with Crippen molar-refractivity contribution < 1.29 is 23.8 Å². The number of ketones is 2. The number of anilines is 1. The molecule has 5 rings (SSSR count). The number of nitrogens with one attached hydrogen (secondary N) is 1. The number of benzene rings is 2. The predicted molar refractivity (Wildman–Crippen MR) is 115 cm³/mol. The van der Waals surface area contributed by atoms with E-state index >= 15 is 0 Å². The molecule has 2 heterocycles. The molecular formula is C23H23ClN2O5. The van der Waals surface area contributed by atoms with E-state index in [0.29, 0.717) is 18.7 Å². The predicted octanol–water partition coefficient (Wildman–Crippen LogP) is 3.29. The molecule has 0 aromatic heterocycles. The highest BCUT2D eigenvalue weighted by Crippen LogP contribution is 2.54. The second kappa shape index (κ2) is 7.14. The highest BCUT2D eigenvalue weighted by molar-refractivity contribution is 6.36. The lowest BCUT2D eigenvalue weighted by atomic mass is 9.66. The molecule has 162 valence electrons. The number of Topliss-reactive ketones (excluding diaryl/α,β-unsaturated/α-hetero) is 2. The first-order chi connectivity index (χ1) is 14.9. The average molecular weight is 443 g/mol. The first kappa shape index (κ1) is 20.2. The molecule has 1 spiro atoms. The molecule has 8 heteroatoms. The third-order valence-corrected chi connectivity index (χ3v) is 7.08. The van der Waals surface area contributed by atoms with Crippen molar-refractivity contribution in [2.24, 2.45) is 11.8 Å². The van der Waals surface area contributed by atoms with Crippen molar-refractivity contribution in [3.8, 4) is 17.2 Å². The van der Waals surface area contributed by atoms with Gasteiger partial charge in [0.25, 0.3) is 0 Å². The van der Waals surface area contributed by atoms with Crippen LogP contribution < -0.4 is 24.6 Å². The van der Waals surface area contributed by atoms with Gasteiger partial charge in [-0.15, -0.1) is 0 Å². The van der Waals surface area contributed by atoms with E-state index < -0.39 is 11.4 Å². The van der Waals surface area contributed by atoms with Crippen molar-refractivity contribution in [1.29, 1.82) is 0 Å². The van der Waals surface area contributed by atoms with Gasteiger partial charge in [-0.05, 0) is 18.6 Å². The molecule has 2 aliphatic heterocycles. The summed E-state index contributed by atoms with van der Waals surface area (Å²) in [5.74, 6) is -0.587. The van der Waals surface area contributed by atoms with Gasteiger partial charge < -0.3 is 19.2 Å². The molecule has 0 bridgehead atoms. The Morgan fingerprint density at radius 1 is 1.16 bits per heavy atom. The average Bonchev–Trinajstić information content (AvgIpc) is 3.34. The molecule has 31 heavy (non-hydrogen) atoms. The fourth-order valence-electron chi connectivity index (χ4n) is 5.17. The quantitative estimate of drug-likeness (QED) is 0.731. The summed E-state index contributed by atoms with van der Waals surface area (Å²) < 4.78 is 16.9. The summed E-state index contributed by atoms with van der Waals surface area (Å²) in [4.78, 5) is 27.5. The van der Waals surface area contributed by atoms with Crippen molar-refractivity contribution in [2.45, 2.75) is 25.0 Å². The topological polar surface area (TPSA) is 77.1 Å². The number of rotatable bonds is 3. The molecule has 2 unspecified atom stereocenters. The van der Waals surface area contributed by atoms with Crippen molar-refractivity contribution in [3.05, 3.63) is 47.0 Å². The zero-order valence-electron chi connectivity index (χ0n) is 17.5. The monoisotopic (exact) mass is 442 g/mol. The molecule has 0 amide bonds. The van der Waals surface area contributed by atoms with Gasteiger partial charge in [0.05, 0.1) is 31.9 Å². The van der Waals surface area contributed by atoms with Crippen LogP contribution in [0.1, 0.15) is 23.7 Å². The Labute approximate surface area is 185 Å². The molecule has 1 saturated carbocycles. The summed E-state index contributed by atoms with van der Waals surface area (Å²) in [6.07, 6.45) is 0.606. The minimum Gasteiger partial charge on any atom is -0.496 e. The molecule has 1 N–H and O–H groups in total. The Bertz CT molecular complexity index is 1080. The maximum Gasteiger partial charge on any atom is 0.232 e. The highest BCUT2D eigenvalue weighted by atomic mass is 35.5. The largest absolute Gasteiger partial charge is 0.496 e. The van der Waals surface area contributed by atoms with Crippen LogP contribution in [0.2, 0.25) is 5.02 Å². The first-order valence-corrected chi connectivity index (χ1v) is 10.6. The zero-order valence-corrected chi connectivity index (χ0v) is 18.2. The number of hydrazine groups is 1. The third kappa shape index (κ3) is 2.63. The zero-order chi connectivity index (χ0) is 21.9. The summed E-state index contributed by atoms with van der Waals surface area (Å²) in [5, 5.41) is 2.20. The van der Waals surface area contributed by atoms with E-state index in [1.807, 2.05) is 42.3 Å². The molecule has 7 nitrogen and oxygen atoms in total. The van der Waals surface area contributed by atoms with E-state index in [1.165, 1.54) is 14.2 Å². The summed E-state index contributed by atoms with van der Waals surface area (Å²) in [6, 6.07) is 11.4. The Morgan fingerprint density at radius 2 is 1.87 bits per heavy atom. The number of hydrogen-bond donors (Lipinski definition) is 1. The molecular weight excluding hydrogens is 420 g/mol. The highest BCUT2D eigenvalue weighted by Gasteiger charge is 2.65. The Kier molecular flexibility index (Phi) is 4.64. The lowest BCUT2D eigenvalue weighted by Crippen LogP contribution is -2.62. The van der Waals surface area contributed by atoms with Gasteiger partial charge in [0.1, 0.15) is 22.1 Å². The van der Waals surface area contributed by atoms with E-state index in [2.05, 4.69) is 5.43 Å². The number of methoxy groups -OCH3 is 2. The fraction of sp³-hybridized carbons (Fsp3) is 0.391. The van der Waals surface area contributed by atoms with Crippen molar-refractivity contribution in [3.63, 3.8) is 0 Å². The maximum absolute atomic E-state index is 13.8. The van der Waals surface area contributed by atoms with Gasteiger partial charge >= 0.3 is 0 Å². The van der Waals surface area contributed by atoms with Gasteiger partial charge in [-0.25, -0.2) is 5.43 Å². The minimum atomic E-state index is -1.61. The van der Waals surface area contributed by atoms with Crippen LogP contribution in [0.5, 0.6) is 17.2 Å². The molecule has 1 saturated heterocycles. The van der Waals surface area contributed by atoms with Crippen LogP contribution in [0.3, 0.4) is 0 Å². The van der Waals surface area contributed by atoms with Gasteiger partial charge in [-0.1, -0.05) is 36.7 Å². The molecule has 2 fully saturated rings. The van der Waals surface area contributed by atoms with Crippen LogP contribution in [-0.4, -0.2) is 44.0 Å². The van der Waals surface area contributed by atoms with Crippen molar-refractivity contribution in [1.82, 2.24) is 5.43 Å². The smallest absolute Gasteiger partial charge is 0.232 e. The second-order valence-corrected chi connectivity index (χ2v) is 8.59. The van der Waals surface area contributed by atoms with Gasteiger partial charge in [0, 0.05) is 18.5 Å². The van der Waals surface area contributed by atoms with E-state index in [-0.39, 0.29) is 45.7 Å². The van der Waals surface area contributed by atoms with Crippen LogP contribution in [-0.2, 0) is 4.79 Å². The van der Waals surface area contributed by atoms with E-state index in [0.717, 1.165) is 5.69 Å². The van der Waals surface area contributed by atoms with Gasteiger partial charge in [0.15, 0.2) is 11.5 Å². The normalized spacial score (nSPS) is 29.0. The number of ether oxygens (including phenoxy) is 3. The number of fused-ring (bicyclic) bond motifs is 2. The van der Waals surface area contributed by atoms with E-state index in [1.54, 1.807) is 6.07 Å². The summed E-state index contributed by atoms with van der Waals surface area (Å²) in [7, 11) is 2.93. The molecule has 4 atom stereocenters. The SMILES string of the molecule is COc1cc(OC)c2c(c1Cl)O[C@]1(C2=O)C(=O)C2CNN(c3ccccc3)C2C[C@H]1C. The van der Waals surface area contributed by atoms with Crippen molar-refractivity contribution >= 4 is 28.9 Å². The number of hydrogen-bond acceptors (Lipinski definition) is 7. The van der Waals surface area contributed by atoms with Crippen LogP contribution in [0.25, 0.3) is 0 Å². The molecule has 3 aliphatic rings. The number of nitrogens with zero attached hydrogens (tertiary/aromatic N) is 1. The molecule has 2 aromatic rings. The minimum absolute atomic E-state index is 0.0671. The lowest BCUT2D eigenvalue weighted by Gasteiger charge is -2.42. The van der Waals surface area contributed by atoms with Crippen LogP contribution >= 0.6 is 11.6 Å². The number of carbonyl (C=O) groups is 2. The number of para-hydroxylation sites is 1. The fourth-order valence-corrected chi connectivity index (χ4v) is 5.44.